The van der Waals surface area contributed by atoms with Crippen molar-refractivity contribution in [2.75, 3.05) is 12.4 Å². The van der Waals surface area contributed by atoms with Gasteiger partial charge in [-0.3, -0.25) is 10.1 Å². The first-order chi connectivity index (χ1) is 6.79. The van der Waals surface area contributed by atoms with Crippen molar-refractivity contribution < 1.29 is 0 Å². The first kappa shape index (κ1) is 8.55. The van der Waals surface area contributed by atoms with Gasteiger partial charge < -0.3 is 11.1 Å². The van der Waals surface area contributed by atoms with Crippen LogP contribution < -0.4 is 11.1 Å². The van der Waals surface area contributed by atoms with Gasteiger partial charge in [0.25, 0.3) is 0 Å². The van der Waals surface area contributed by atoms with Gasteiger partial charge in [-0.15, -0.1) is 0 Å². The van der Waals surface area contributed by atoms with Crippen LogP contribution in [0.4, 0.5) is 5.69 Å². The van der Waals surface area contributed by atoms with E-state index in [-0.39, 0.29) is 0 Å². The van der Waals surface area contributed by atoms with Crippen LogP contribution in [0.25, 0.3) is 10.9 Å². The van der Waals surface area contributed by atoms with Crippen LogP contribution in [0.2, 0.25) is 0 Å². The molecule has 14 heavy (non-hydrogen) atoms. The lowest BCUT2D eigenvalue weighted by Gasteiger charge is -2.03. The molecule has 1 aromatic carbocycles. The molecule has 0 saturated heterocycles. The third kappa shape index (κ3) is 1.52. The van der Waals surface area contributed by atoms with Crippen molar-refractivity contribution in [3.8, 4) is 0 Å². The number of aliphatic imine (C=N–C) groups is 1. The van der Waals surface area contributed by atoms with Gasteiger partial charge in [0.1, 0.15) is 0 Å². The van der Waals surface area contributed by atoms with Crippen molar-refractivity contribution in [2.24, 2.45) is 10.7 Å². The predicted molar refractivity (Wildman–Crippen MR) is 57.3 cm³/mol. The molecule has 0 unspecified atom stereocenters. The summed E-state index contributed by atoms with van der Waals surface area (Å²) >= 11 is 0. The molecule has 0 radical (unpaired) electrons. The molecule has 0 atom stereocenters. The zero-order chi connectivity index (χ0) is 9.97. The number of nitrogens with two attached hydrogens (primary N) is 1. The molecule has 4 N–H and O–H groups in total. The molecule has 1 aromatic heterocycles. The van der Waals surface area contributed by atoms with Gasteiger partial charge in [0.2, 0.25) is 0 Å². The number of aromatic amines is 1. The minimum atomic E-state index is 0.396. The van der Waals surface area contributed by atoms with E-state index in [1.54, 1.807) is 13.2 Å². The van der Waals surface area contributed by atoms with Crippen molar-refractivity contribution >= 4 is 22.5 Å². The number of hydrogen-bond acceptors (Lipinski definition) is 2. The smallest absolute Gasteiger partial charge is 0.192 e. The molecule has 0 saturated carbocycles. The number of guanidine groups is 1. The van der Waals surface area contributed by atoms with E-state index >= 15 is 0 Å². The molecule has 5 heteroatoms. The van der Waals surface area contributed by atoms with Gasteiger partial charge in [-0.05, 0) is 18.2 Å². The van der Waals surface area contributed by atoms with Crippen LogP contribution in [0, 0.1) is 0 Å². The standard InChI is InChI=1S/C9H11N5/c1-11-9(10)13-7-2-3-8-6(4-7)5-12-14-8/h2-5H,1H3,(H,12,14)(H3,10,11,13). The fourth-order valence-corrected chi connectivity index (χ4v) is 1.22. The summed E-state index contributed by atoms with van der Waals surface area (Å²) in [6.45, 7) is 0. The lowest BCUT2D eigenvalue weighted by molar-refractivity contribution is 1.12. The Kier molecular flexibility index (Phi) is 2.06. The molecule has 5 nitrogen and oxygen atoms in total. The highest BCUT2D eigenvalue weighted by molar-refractivity contribution is 5.94. The van der Waals surface area contributed by atoms with Crippen LogP contribution in [0.15, 0.2) is 29.4 Å². The third-order valence-electron chi connectivity index (χ3n) is 1.95. The second-order valence-electron chi connectivity index (χ2n) is 2.91. The summed E-state index contributed by atoms with van der Waals surface area (Å²) in [5.41, 5.74) is 7.45. The molecule has 2 rings (SSSR count). The maximum atomic E-state index is 5.54. The molecule has 2 aromatic rings. The number of hydrogen-bond donors (Lipinski definition) is 3. The molecular weight excluding hydrogens is 178 g/mol. The van der Waals surface area contributed by atoms with E-state index in [1.807, 2.05) is 18.2 Å². The quantitative estimate of drug-likeness (QED) is 0.461. The minimum Gasteiger partial charge on any atom is -0.370 e. The molecule has 0 amide bonds. The number of benzene rings is 1. The van der Waals surface area contributed by atoms with E-state index in [9.17, 15) is 0 Å². The largest absolute Gasteiger partial charge is 0.370 e. The monoisotopic (exact) mass is 189 g/mol. The van der Waals surface area contributed by atoms with Gasteiger partial charge >= 0.3 is 0 Å². The Morgan fingerprint density at radius 3 is 3.21 bits per heavy atom. The molecule has 0 aliphatic carbocycles. The number of aromatic nitrogens is 2. The molecule has 1 heterocycles. The Bertz CT molecular complexity index is 471. The van der Waals surface area contributed by atoms with E-state index in [4.69, 9.17) is 5.73 Å². The number of rotatable bonds is 1. The van der Waals surface area contributed by atoms with Crippen LogP contribution in [0.1, 0.15) is 0 Å². The van der Waals surface area contributed by atoms with Crippen LogP contribution in [0.5, 0.6) is 0 Å². The topological polar surface area (TPSA) is 79.1 Å². The van der Waals surface area contributed by atoms with Crippen LogP contribution in [-0.4, -0.2) is 23.2 Å². The van der Waals surface area contributed by atoms with E-state index < -0.39 is 0 Å². The fourth-order valence-electron chi connectivity index (χ4n) is 1.22. The number of fused-ring (bicyclic) bond motifs is 1. The normalized spacial score (nSPS) is 11.9. The van der Waals surface area contributed by atoms with Crippen LogP contribution >= 0.6 is 0 Å². The Balaban J connectivity index is 2.34. The Hall–Kier alpha value is -2.04. The molecule has 0 spiro atoms. The van der Waals surface area contributed by atoms with Crippen molar-refractivity contribution in [2.45, 2.75) is 0 Å². The Labute approximate surface area is 81.0 Å². The molecule has 0 aliphatic rings. The van der Waals surface area contributed by atoms with Gasteiger partial charge in [-0.2, -0.15) is 5.10 Å². The van der Waals surface area contributed by atoms with Crippen molar-refractivity contribution in [1.29, 1.82) is 0 Å². The maximum absolute atomic E-state index is 5.54. The summed E-state index contributed by atoms with van der Waals surface area (Å²) in [6.07, 6.45) is 1.76. The highest BCUT2D eigenvalue weighted by Gasteiger charge is 1.98. The number of nitrogens with one attached hydrogen (secondary N) is 2. The third-order valence-corrected chi connectivity index (χ3v) is 1.95. The lowest BCUT2D eigenvalue weighted by Crippen LogP contribution is -2.21. The summed E-state index contributed by atoms with van der Waals surface area (Å²) < 4.78 is 0. The van der Waals surface area contributed by atoms with Gasteiger partial charge in [0.05, 0.1) is 11.7 Å². The molecule has 0 aliphatic heterocycles. The molecule has 72 valence electrons. The highest BCUT2D eigenvalue weighted by atomic mass is 15.1. The Morgan fingerprint density at radius 1 is 1.57 bits per heavy atom. The van der Waals surface area contributed by atoms with E-state index in [2.05, 4.69) is 20.5 Å². The van der Waals surface area contributed by atoms with Gasteiger partial charge in [-0.1, -0.05) is 0 Å². The number of nitrogens with zero attached hydrogens (tertiary/aromatic N) is 2. The Morgan fingerprint density at radius 2 is 2.43 bits per heavy atom. The summed E-state index contributed by atoms with van der Waals surface area (Å²) in [6, 6.07) is 5.81. The summed E-state index contributed by atoms with van der Waals surface area (Å²) in [5, 5.41) is 10.8. The minimum absolute atomic E-state index is 0.396. The van der Waals surface area contributed by atoms with Gasteiger partial charge in [0.15, 0.2) is 5.96 Å². The average Bonchev–Trinajstić information content (AvgIpc) is 2.64. The second-order valence-corrected chi connectivity index (χ2v) is 2.91. The SMILES string of the molecule is CN=C(N)Nc1ccc2[nH]ncc2c1. The van der Waals surface area contributed by atoms with Gasteiger partial charge in [0, 0.05) is 18.1 Å². The first-order valence-electron chi connectivity index (χ1n) is 4.22. The summed E-state index contributed by atoms with van der Waals surface area (Å²) in [5.74, 6) is 0.396. The zero-order valence-electron chi connectivity index (χ0n) is 7.78. The molecule has 0 bridgehead atoms. The van der Waals surface area contributed by atoms with Crippen LogP contribution in [-0.2, 0) is 0 Å². The molecule has 0 fully saturated rings. The first-order valence-corrected chi connectivity index (χ1v) is 4.22. The van der Waals surface area contributed by atoms with Crippen LogP contribution in [0.3, 0.4) is 0 Å². The van der Waals surface area contributed by atoms with E-state index in [0.717, 1.165) is 16.6 Å². The summed E-state index contributed by atoms with van der Waals surface area (Å²) in [7, 11) is 1.64. The maximum Gasteiger partial charge on any atom is 0.192 e. The van der Waals surface area contributed by atoms with E-state index in [0.29, 0.717) is 5.96 Å². The van der Waals surface area contributed by atoms with Gasteiger partial charge in [-0.25, -0.2) is 0 Å². The van der Waals surface area contributed by atoms with Crippen molar-refractivity contribution in [1.82, 2.24) is 10.2 Å². The second kappa shape index (κ2) is 3.37. The predicted octanol–water partition coefficient (Wildman–Crippen LogP) is 0.919. The number of H-pyrrole nitrogens is 1. The lowest BCUT2D eigenvalue weighted by atomic mass is 10.2. The summed E-state index contributed by atoms with van der Waals surface area (Å²) in [4.78, 5) is 3.81. The fraction of sp³-hybridized carbons (Fsp3) is 0.111. The zero-order valence-corrected chi connectivity index (χ0v) is 7.78. The highest BCUT2D eigenvalue weighted by Crippen LogP contribution is 2.16. The molecular formula is C9H11N5. The van der Waals surface area contributed by atoms with Crippen molar-refractivity contribution in [3.63, 3.8) is 0 Å². The number of anilines is 1. The van der Waals surface area contributed by atoms with Crippen molar-refractivity contribution in [3.05, 3.63) is 24.4 Å². The van der Waals surface area contributed by atoms with E-state index in [1.165, 1.54) is 0 Å². The average molecular weight is 189 g/mol.